The molecule has 4 heteroatoms. The fraction of sp³-hybridized carbons (Fsp3) is 0.909. The maximum Gasteiger partial charge on any atom is 0.408 e. The van der Waals surface area contributed by atoms with Gasteiger partial charge in [-0.3, -0.25) is 0 Å². The summed E-state index contributed by atoms with van der Waals surface area (Å²) in [6, 6.07) is 0. The first-order chi connectivity index (χ1) is 6.78. The second-order valence-electron chi connectivity index (χ2n) is 6.07. The molecule has 3 saturated carbocycles. The summed E-state index contributed by atoms with van der Waals surface area (Å²) in [7, 11) is 0. The van der Waals surface area contributed by atoms with Crippen LogP contribution in [-0.2, 0) is 4.74 Å². The average molecular weight is 323 g/mol. The van der Waals surface area contributed by atoms with Gasteiger partial charge in [-0.25, -0.2) is 4.79 Å². The van der Waals surface area contributed by atoms with E-state index in [4.69, 9.17) is 4.74 Å². The molecule has 0 spiro atoms. The van der Waals surface area contributed by atoms with Crippen LogP contribution in [0.1, 0.15) is 40.0 Å². The highest BCUT2D eigenvalue weighted by Gasteiger charge is 2.67. The second-order valence-corrected chi connectivity index (χ2v) is 6.83. The van der Waals surface area contributed by atoms with Crippen molar-refractivity contribution in [3.8, 4) is 0 Å². The highest BCUT2D eigenvalue weighted by Crippen LogP contribution is 2.67. The van der Waals surface area contributed by atoms with Gasteiger partial charge in [-0.15, -0.1) is 0 Å². The molecule has 1 N–H and O–H groups in total. The zero-order chi connectivity index (χ0) is 11.3. The topological polar surface area (TPSA) is 38.3 Å². The van der Waals surface area contributed by atoms with Crippen molar-refractivity contribution in [1.29, 1.82) is 0 Å². The molecule has 2 bridgehead atoms. The molecule has 3 nitrogen and oxygen atoms in total. The summed E-state index contributed by atoms with van der Waals surface area (Å²) in [5.74, 6) is 0. The molecule has 86 valence electrons. The second kappa shape index (κ2) is 3.25. The van der Waals surface area contributed by atoms with Gasteiger partial charge in [0.2, 0.25) is 0 Å². The lowest BCUT2D eigenvalue weighted by Gasteiger charge is -2.70. The summed E-state index contributed by atoms with van der Waals surface area (Å²) >= 11 is 2.44. The summed E-state index contributed by atoms with van der Waals surface area (Å²) < 4.78 is 6.46. The van der Waals surface area contributed by atoms with Crippen molar-refractivity contribution >= 4 is 28.7 Å². The van der Waals surface area contributed by atoms with E-state index < -0.39 is 5.60 Å². The molecular weight excluding hydrogens is 305 g/mol. The van der Waals surface area contributed by atoms with Crippen molar-refractivity contribution in [3.63, 3.8) is 0 Å². The lowest BCUT2D eigenvalue weighted by molar-refractivity contribution is -0.131. The van der Waals surface area contributed by atoms with Crippen LogP contribution in [0.5, 0.6) is 0 Å². The molecule has 0 radical (unpaired) electrons. The van der Waals surface area contributed by atoms with Crippen LogP contribution >= 0.6 is 22.6 Å². The van der Waals surface area contributed by atoms with E-state index >= 15 is 0 Å². The Labute approximate surface area is 104 Å². The number of rotatable bonds is 2. The van der Waals surface area contributed by atoms with Crippen molar-refractivity contribution < 1.29 is 9.53 Å². The third kappa shape index (κ3) is 2.10. The van der Waals surface area contributed by atoms with Gasteiger partial charge in [-0.1, -0.05) is 22.6 Å². The number of halogens is 1. The summed E-state index contributed by atoms with van der Waals surface area (Å²) in [5, 5.41) is 3.01. The van der Waals surface area contributed by atoms with Gasteiger partial charge in [-0.05, 0) is 45.4 Å². The molecular formula is C11H18INO2. The summed E-state index contributed by atoms with van der Waals surface area (Å²) in [4.78, 5) is 11.5. The molecule has 0 aromatic heterocycles. The van der Waals surface area contributed by atoms with Crippen LogP contribution in [0.4, 0.5) is 4.79 Å². The molecule has 1 amide bonds. The van der Waals surface area contributed by atoms with Gasteiger partial charge in [0, 0.05) is 9.97 Å². The number of alkyl carbamates (subject to hydrolysis) is 1. The summed E-state index contributed by atoms with van der Waals surface area (Å²) in [5.41, 5.74) is 0.248. The molecule has 3 aliphatic carbocycles. The van der Waals surface area contributed by atoms with Gasteiger partial charge in [0.15, 0.2) is 0 Å². The largest absolute Gasteiger partial charge is 0.444 e. The number of alkyl halides is 1. The van der Waals surface area contributed by atoms with Gasteiger partial charge in [0.05, 0.1) is 0 Å². The van der Waals surface area contributed by atoms with Crippen molar-refractivity contribution in [1.82, 2.24) is 5.32 Å². The first kappa shape index (κ1) is 11.5. The summed E-state index contributed by atoms with van der Waals surface area (Å²) in [6.45, 7) is 5.67. The van der Waals surface area contributed by atoms with E-state index in [-0.39, 0.29) is 11.6 Å². The molecule has 3 aliphatic rings. The fourth-order valence-corrected chi connectivity index (χ4v) is 3.60. The average Bonchev–Trinajstić information content (AvgIpc) is 1.89. The van der Waals surface area contributed by atoms with Crippen LogP contribution < -0.4 is 5.32 Å². The van der Waals surface area contributed by atoms with Crippen LogP contribution in [0.3, 0.4) is 0 Å². The number of carbonyl (C=O) groups excluding carboxylic acids is 1. The molecule has 0 aliphatic heterocycles. The van der Waals surface area contributed by atoms with Crippen molar-refractivity contribution in [2.24, 2.45) is 5.41 Å². The molecule has 0 heterocycles. The zero-order valence-electron chi connectivity index (χ0n) is 9.52. The maximum absolute atomic E-state index is 11.5. The minimum Gasteiger partial charge on any atom is -0.444 e. The third-order valence-electron chi connectivity index (χ3n) is 3.19. The Morgan fingerprint density at radius 2 is 1.93 bits per heavy atom. The molecule has 0 saturated heterocycles. The first-order valence-electron chi connectivity index (χ1n) is 5.35. The summed E-state index contributed by atoms with van der Waals surface area (Å²) in [6.07, 6.45) is 3.16. The Balaban J connectivity index is 1.79. The number of ether oxygens (including phenoxy) is 1. The number of hydrogen-bond acceptors (Lipinski definition) is 2. The van der Waals surface area contributed by atoms with Crippen molar-refractivity contribution in [3.05, 3.63) is 0 Å². The number of carbonyl (C=O) groups is 1. The Morgan fingerprint density at radius 3 is 2.33 bits per heavy atom. The lowest BCUT2D eigenvalue weighted by Crippen LogP contribution is -2.75. The lowest BCUT2D eigenvalue weighted by atomic mass is 9.40. The van der Waals surface area contributed by atoms with Crippen LogP contribution in [0, 0.1) is 5.41 Å². The van der Waals surface area contributed by atoms with Crippen LogP contribution in [0.25, 0.3) is 0 Å². The Kier molecular flexibility index (Phi) is 2.48. The van der Waals surface area contributed by atoms with E-state index in [1.807, 2.05) is 20.8 Å². The molecule has 15 heavy (non-hydrogen) atoms. The van der Waals surface area contributed by atoms with E-state index in [1.54, 1.807) is 0 Å². The SMILES string of the molecule is CC(C)(C)OC(=O)NC12CC(CI)(C1)C2. The van der Waals surface area contributed by atoms with Crippen LogP contribution in [0.15, 0.2) is 0 Å². The molecule has 3 fully saturated rings. The normalized spacial score (nSPS) is 37.6. The minimum atomic E-state index is -0.394. The molecule has 0 aromatic rings. The Bertz CT molecular complexity index is 276. The van der Waals surface area contributed by atoms with Gasteiger partial charge < -0.3 is 10.1 Å². The highest BCUT2D eigenvalue weighted by atomic mass is 127. The van der Waals surface area contributed by atoms with E-state index in [9.17, 15) is 4.79 Å². The molecule has 0 aromatic carbocycles. The number of amides is 1. The first-order valence-corrected chi connectivity index (χ1v) is 6.88. The van der Waals surface area contributed by atoms with Gasteiger partial charge in [0.25, 0.3) is 0 Å². The van der Waals surface area contributed by atoms with Gasteiger partial charge >= 0.3 is 6.09 Å². The van der Waals surface area contributed by atoms with Crippen LogP contribution in [-0.4, -0.2) is 21.7 Å². The molecule has 0 atom stereocenters. The monoisotopic (exact) mass is 323 g/mol. The van der Waals surface area contributed by atoms with E-state index in [0.717, 1.165) is 19.3 Å². The smallest absolute Gasteiger partial charge is 0.408 e. The van der Waals surface area contributed by atoms with Crippen molar-refractivity contribution in [2.75, 3.05) is 4.43 Å². The molecule has 0 unspecified atom stereocenters. The minimum absolute atomic E-state index is 0.0908. The fourth-order valence-electron chi connectivity index (χ4n) is 2.79. The van der Waals surface area contributed by atoms with E-state index in [0.29, 0.717) is 5.41 Å². The predicted molar refractivity (Wildman–Crippen MR) is 67.3 cm³/mol. The standard InChI is InChI=1S/C11H18INO2/c1-9(2,3)15-8(14)13-11-4-10(5-11,6-11)7-12/h4-7H2,1-3H3,(H,13,14). The van der Waals surface area contributed by atoms with Crippen LogP contribution in [0.2, 0.25) is 0 Å². The molecule has 3 rings (SSSR count). The number of nitrogens with one attached hydrogen (secondary N) is 1. The predicted octanol–water partition coefficient (Wildman–Crippen LogP) is 2.87. The zero-order valence-corrected chi connectivity index (χ0v) is 11.7. The van der Waals surface area contributed by atoms with E-state index in [1.165, 1.54) is 4.43 Å². The maximum atomic E-state index is 11.5. The third-order valence-corrected chi connectivity index (χ3v) is 4.81. The highest BCUT2D eigenvalue weighted by molar-refractivity contribution is 14.1. The number of hydrogen-bond donors (Lipinski definition) is 1. The Hall–Kier alpha value is 0. The quantitative estimate of drug-likeness (QED) is 0.627. The van der Waals surface area contributed by atoms with Gasteiger partial charge in [-0.2, -0.15) is 0 Å². The van der Waals surface area contributed by atoms with Gasteiger partial charge in [0.1, 0.15) is 5.60 Å². The van der Waals surface area contributed by atoms with Crippen molar-refractivity contribution in [2.45, 2.75) is 51.2 Å². The van der Waals surface area contributed by atoms with E-state index in [2.05, 4.69) is 27.9 Å². The Morgan fingerprint density at radius 1 is 1.40 bits per heavy atom.